The van der Waals surface area contributed by atoms with Crippen molar-refractivity contribution in [3.05, 3.63) is 59.7 Å². The van der Waals surface area contributed by atoms with Crippen LogP contribution < -0.4 is 10.6 Å². The van der Waals surface area contributed by atoms with Crippen molar-refractivity contribution in [2.75, 3.05) is 24.2 Å². The van der Waals surface area contributed by atoms with Crippen molar-refractivity contribution in [3.8, 4) is 6.07 Å². The van der Waals surface area contributed by atoms with E-state index >= 15 is 0 Å². The van der Waals surface area contributed by atoms with Crippen molar-refractivity contribution in [3.63, 3.8) is 0 Å². The van der Waals surface area contributed by atoms with Crippen molar-refractivity contribution in [2.45, 2.75) is 19.1 Å². The van der Waals surface area contributed by atoms with E-state index in [0.717, 1.165) is 6.07 Å². The second-order valence-corrected chi connectivity index (χ2v) is 6.36. The van der Waals surface area contributed by atoms with Crippen LogP contribution >= 0.6 is 0 Å². The Morgan fingerprint density at radius 3 is 2.48 bits per heavy atom. The van der Waals surface area contributed by atoms with Gasteiger partial charge in [-0.2, -0.15) is 18.4 Å². The summed E-state index contributed by atoms with van der Waals surface area (Å²) < 4.78 is 39.1. The van der Waals surface area contributed by atoms with Crippen LogP contribution in [-0.2, 0) is 15.8 Å². The molecule has 2 aromatic carbocycles. The van der Waals surface area contributed by atoms with E-state index in [2.05, 4.69) is 10.6 Å². The maximum absolute atomic E-state index is 13.0. The van der Waals surface area contributed by atoms with Crippen LogP contribution in [0, 0.1) is 11.3 Å². The summed E-state index contributed by atoms with van der Waals surface area (Å²) in [5.74, 6) is -1.11. The molecule has 0 fully saturated rings. The number of benzene rings is 2. The molecule has 0 saturated heterocycles. The monoisotopic (exact) mass is 404 g/mol. The molecule has 2 N–H and O–H groups in total. The molecule has 1 atom stereocenters. The van der Waals surface area contributed by atoms with Gasteiger partial charge in [0.1, 0.15) is 0 Å². The van der Waals surface area contributed by atoms with Gasteiger partial charge < -0.3 is 10.6 Å². The molecular formula is C20H19F3N4O2. The average molecular weight is 404 g/mol. The first-order chi connectivity index (χ1) is 13.6. The first kappa shape index (κ1) is 21.9. The molecule has 6 nitrogen and oxygen atoms in total. The lowest BCUT2D eigenvalue weighted by Crippen LogP contribution is -2.43. The number of nitrogens with zero attached hydrogens (tertiary/aromatic N) is 2. The minimum Gasteiger partial charge on any atom is -0.325 e. The molecule has 1 unspecified atom stereocenters. The third kappa shape index (κ3) is 6.05. The number of likely N-dealkylation sites (N-methyl/N-ethyl adjacent to an activating group) is 1. The van der Waals surface area contributed by atoms with Crippen molar-refractivity contribution in [1.82, 2.24) is 4.90 Å². The molecular weight excluding hydrogens is 385 g/mol. The molecule has 0 spiro atoms. The molecule has 29 heavy (non-hydrogen) atoms. The predicted octanol–water partition coefficient (Wildman–Crippen LogP) is 3.47. The van der Waals surface area contributed by atoms with Crippen molar-refractivity contribution >= 4 is 23.2 Å². The minimum atomic E-state index is -4.60. The fraction of sp³-hybridized carbons (Fsp3) is 0.250. The van der Waals surface area contributed by atoms with Crippen LogP contribution in [0.3, 0.4) is 0 Å². The maximum atomic E-state index is 13.0. The summed E-state index contributed by atoms with van der Waals surface area (Å²) in [6.45, 7) is 1.26. The van der Waals surface area contributed by atoms with E-state index in [1.165, 1.54) is 36.2 Å². The molecule has 0 aromatic heterocycles. The Bertz CT molecular complexity index is 938. The number of hydrogen-bond acceptors (Lipinski definition) is 4. The summed E-state index contributed by atoms with van der Waals surface area (Å²) in [5.41, 5.74) is -0.479. The Balaban J connectivity index is 1.98. The fourth-order valence-electron chi connectivity index (χ4n) is 2.51. The number of alkyl halides is 3. The van der Waals surface area contributed by atoms with Crippen LogP contribution in [0.25, 0.3) is 0 Å². The van der Waals surface area contributed by atoms with Crippen LogP contribution in [-0.4, -0.2) is 36.3 Å². The molecule has 0 radical (unpaired) electrons. The van der Waals surface area contributed by atoms with Crippen molar-refractivity contribution in [2.24, 2.45) is 0 Å². The number of amides is 2. The zero-order valence-electron chi connectivity index (χ0n) is 15.7. The lowest BCUT2D eigenvalue weighted by atomic mass is 10.1. The Labute approximate surface area is 165 Å². The van der Waals surface area contributed by atoms with Crippen LogP contribution in [0.15, 0.2) is 48.5 Å². The van der Waals surface area contributed by atoms with Crippen LogP contribution in [0.2, 0.25) is 0 Å². The normalized spacial score (nSPS) is 12.2. The zero-order chi connectivity index (χ0) is 21.6. The molecule has 2 aromatic rings. The molecule has 0 heterocycles. The second kappa shape index (κ2) is 9.21. The molecule has 0 aliphatic carbocycles. The molecule has 9 heteroatoms. The van der Waals surface area contributed by atoms with Gasteiger partial charge in [0.25, 0.3) is 0 Å². The lowest BCUT2D eigenvalue weighted by Gasteiger charge is -2.23. The Kier molecular flexibility index (Phi) is 6.96. The smallest absolute Gasteiger partial charge is 0.325 e. The summed E-state index contributed by atoms with van der Waals surface area (Å²) in [7, 11) is 1.51. The van der Waals surface area contributed by atoms with Gasteiger partial charge in [-0.25, -0.2) is 0 Å². The summed E-state index contributed by atoms with van der Waals surface area (Å²) >= 11 is 0. The zero-order valence-corrected chi connectivity index (χ0v) is 15.7. The van der Waals surface area contributed by atoms with Gasteiger partial charge >= 0.3 is 6.18 Å². The van der Waals surface area contributed by atoms with Gasteiger partial charge in [-0.1, -0.05) is 18.2 Å². The fourth-order valence-corrected chi connectivity index (χ4v) is 2.51. The Hall–Kier alpha value is -3.38. The van der Waals surface area contributed by atoms with Gasteiger partial charge in [-0.05, 0) is 44.3 Å². The van der Waals surface area contributed by atoms with Crippen molar-refractivity contribution < 1.29 is 22.8 Å². The van der Waals surface area contributed by atoms with Crippen molar-refractivity contribution in [1.29, 1.82) is 5.26 Å². The molecule has 0 bridgehead atoms. The van der Waals surface area contributed by atoms with Gasteiger partial charge in [0.05, 0.1) is 35.5 Å². The number of halogens is 3. The topological polar surface area (TPSA) is 85.2 Å². The van der Waals surface area contributed by atoms with E-state index in [0.29, 0.717) is 11.3 Å². The number of para-hydroxylation sites is 1. The van der Waals surface area contributed by atoms with Crippen LogP contribution in [0.1, 0.15) is 18.1 Å². The molecule has 152 valence electrons. The number of anilines is 2. The number of nitrogens with one attached hydrogen (secondary N) is 2. The number of rotatable bonds is 6. The third-order valence-electron chi connectivity index (χ3n) is 4.20. The van der Waals surface area contributed by atoms with Gasteiger partial charge in [0.2, 0.25) is 11.8 Å². The van der Waals surface area contributed by atoms with Gasteiger partial charge in [-0.3, -0.25) is 14.5 Å². The summed E-state index contributed by atoms with van der Waals surface area (Å²) in [6.07, 6.45) is -4.60. The molecule has 0 aliphatic heterocycles. The van der Waals surface area contributed by atoms with E-state index in [-0.39, 0.29) is 12.2 Å². The highest BCUT2D eigenvalue weighted by Gasteiger charge is 2.33. The number of carbonyl (C=O) groups is 2. The van der Waals surface area contributed by atoms with Gasteiger partial charge in [0.15, 0.2) is 0 Å². The highest BCUT2D eigenvalue weighted by molar-refractivity contribution is 5.96. The average Bonchev–Trinajstić information content (AvgIpc) is 2.66. The minimum absolute atomic E-state index is 0.293. The van der Waals surface area contributed by atoms with E-state index in [1.807, 2.05) is 6.07 Å². The number of carbonyl (C=O) groups excluding carboxylic acids is 2. The van der Waals surface area contributed by atoms with E-state index in [9.17, 15) is 22.8 Å². The van der Waals surface area contributed by atoms with Gasteiger partial charge in [-0.15, -0.1) is 0 Å². The van der Waals surface area contributed by atoms with Crippen LogP contribution in [0.4, 0.5) is 24.5 Å². The molecule has 2 rings (SSSR count). The largest absolute Gasteiger partial charge is 0.418 e. The quantitative estimate of drug-likeness (QED) is 0.772. The number of hydrogen-bond donors (Lipinski definition) is 2. The third-order valence-corrected chi connectivity index (χ3v) is 4.20. The van der Waals surface area contributed by atoms with E-state index in [4.69, 9.17) is 5.26 Å². The summed E-state index contributed by atoms with van der Waals surface area (Å²) in [6, 6.07) is 12.2. The molecule has 2 amide bonds. The summed E-state index contributed by atoms with van der Waals surface area (Å²) in [5, 5.41) is 13.8. The standard InChI is InChI=1S/C20H19F3N4O2/c1-13(19(29)25-15-7-5-6-14(10-15)11-24)27(2)12-18(28)26-17-9-4-3-8-16(17)20(21,22)23/h3-10,13H,12H2,1-2H3,(H,25,29)(H,26,28). The van der Waals surface area contributed by atoms with E-state index < -0.39 is 29.6 Å². The SMILES string of the molecule is CC(C(=O)Nc1cccc(C#N)c1)N(C)CC(=O)Nc1ccccc1C(F)(F)F. The number of nitriles is 1. The highest BCUT2D eigenvalue weighted by Crippen LogP contribution is 2.34. The first-order valence-electron chi connectivity index (χ1n) is 8.59. The Morgan fingerprint density at radius 2 is 1.83 bits per heavy atom. The Morgan fingerprint density at radius 1 is 1.14 bits per heavy atom. The lowest BCUT2D eigenvalue weighted by molar-refractivity contribution is -0.137. The highest BCUT2D eigenvalue weighted by atomic mass is 19.4. The first-order valence-corrected chi connectivity index (χ1v) is 8.59. The maximum Gasteiger partial charge on any atom is 0.418 e. The second-order valence-electron chi connectivity index (χ2n) is 6.36. The molecule has 0 saturated carbocycles. The summed E-state index contributed by atoms with van der Waals surface area (Å²) in [4.78, 5) is 25.9. The molecule has 0 aliphatic rings. The van der Waals surface area contributed by atoms with E-state index in [1.54, 1.807) is 25.1 Å². The van der Waals surface area contributed by atoms with Gasteiger partial charge in [0, 0.05) is 5.69 Å². The predicted molar refractivity (Wildman–Crippen MR) is 102 cm³/mol. The van der Waals surface area contributed by atoms with Crippen LogP contribution in [0.5, 0.6) is 0 Å².